The third kappa shape index (κ3) is 5.96. The van der Waals surface area contributed by atoms with E-state index < -0.39 is 11.6 Å². The Morgan fingerprint density at radius 1 is 1.17 bits per heavy atom. The van der Waals surface area contributed by atoms with Gasteiger partial charge < -0.3 is 10.1 Å². The largest absolute Gasteiger partial charge is 0.491 e. The zero-order chi connectivity index (χ0) is 13.6. The van der Waals surface area contributed by atoms with Crippen LogP contribution in [-0.2, 0) is 0 Å². The molecule has 0 aromatic heterocycles. The molecule has 1 aromatic carbocycles. The molecule has 0 atom stereocenters. The van der Waals surface area contributed by atoms with Crippen molar-refractivity contribution in [3.05, 3.63) is 29.8 Å². The second kappa shape index (κ2) is 6.69. The molecule has 0 spiro atoms. The molecule has 0 aliphatic carbocycles. The molecular weight excluding hydrogens is 236 g/mol. The molecule has 0 aliphatic rings. The van der Waals surface area contributed by atoms with Crippen molar-refractivity contribution in [3.63, 3.8) is 0 Å². The van der Waals surface area contributed by atoms with Crippen LogP contribution in [0.2, 0.25) is 0 Å². The molecule has 0 fully saturated rings. The summed E-state index contributed by atoms with van der Waals surface area (Å²) in [5, 5.41) is 3.36. The Labute approximate surface area is 107 Å². The number of hydrogen-bond acceptors (Lipinski definition) is 2. The van der Waals surface area contributed by atoms with Crippen LogP contribution in [0, 0.1) is 11.6 Å². The summed E-state index contributed by atoms with van der Waals surface area (Å²) in [4.78, 5) is 0. The zero-order valence-corrected chi connectivity index (χ0v) is 11.2. The maximum Gasteiger partial charge on any atom is 0.167 e. The summed E-state index contributed by atoms with van der Waals surface area (Å²) in [6.45, 7) is 7.67. The van der Waals surface area contributed by atoms with E-state index in [4.69, 9.17) is 4.74 Å². The van der Waals surface area contributed by atoms with E-state index in [1.165, 1.54) is 12.1 Å². The Morgan fingerprint density at radius 2 is 1.89 bits per heavy atom. The van der Waals surface area contributed by atoms with Gasteiger partial charge in [0.2, 0.25) is 0 Å². The highest BCUT2D eigenvalue weighted by Crippen LogP contribution is 2.17. The maximum absolute atomic E-state index is 13.2. The average molecular weight is 257 g/mol. The second-order valence-corrected chi connectivity index (χ2v) is 5.31. The molecule has 1 aromatic rings. The van der Waals surface area contributed by atoms with Gasteiger partial charge in [-0.25, -0.2) is 8.78 Å². The van der Waals surface area contributed by atoms with Gasteiger partial charge in [0.05, 0.1) is 6.61 Å². The number of hydrogen-bond donors (Lipinski definition) is 1. The third-order valence-corrected chi connectivity index (χ3v) is 2.38. The quantitative estimate of drug-likeness (QED) is 0.787. The molecule has 0 saturated carbocycles. The van der Waals surface area contributed by atoms with Crippen LogP contribution in [0.1, 0.15) is 33.6 Å². The van der Waals surface area contributed by atoms with Gasteiger partial charge in [-0.1, -0.05) is 0 Å². The van der Waals surface area contributed by atoms with E-state index in [-0.39, 0.29) is 11.3 Å². The highest BCUT2D eigenvalue weighted by molar-refractivity contribution is 5.24. The summed E-state index contributed by atoms with van der Waals surface area (Å²) in [6, 6.07) is 3.34. The minimum Gasteiger partial charge on any atom is -0.491 e. The fourth-order valence-corrected chi connectivity index (χ4v) is 1.46. The van der Waals surface area contributed by atoms with Crippen LogP contribution in [0.15, 0.2) is 18.2 Å². The van der Waals surface area contributed by atoms with Crippen molar-refractivity contribution in [3.8, 4) is 5.75 Å². The lowest BCUT2D eigenvalue weighted by Gasteiger charge is -2.20. The standard InChI is InChI=1S/C14H21F2NO/c1-14(2,3)17-8-4-5-9-18-13-7-6-11(15)10-12(13)16/h6-7,10,17H,4-5,8-9H2,1-3H3. The van der Waals surface area contributed by atoms with Gasteiger partial charge in [-0.05, 0) is 52.3 Å². The van der Waals surface area contributed by atoms with Crippen molar-refractivity contribution in [2.45, 2.75) is 39.2 Å². The van der Waals surface area contributed by atoms with Gasteiger partial charge >= 0.3 is 0 Å². The number of rotatable bonds is 6. The summed E-state index contributed by atoms with van der Waals surface area (Å²) >= 11 is 0. The summed E-state index contributed by atoms with van der Waals surface area (Å²) < 4.78 is 31.1. The van der Waals surface area contributed by atoms with Gasteiger partial charge in [0, 0.05) is 11.6 Å². The van der Waals surface area contributed by atoms with Crippen molar-refractivity contribution in [1.82, 2.24) is 5.32 Å². The van der Waals surface area contributed by atoms with E-state index in [9.17, 15) is 8.78 Å². The summed E-state index contributed by atoms with van der Waals surface area (Å²) in [5.74, 6) is -1.13. The zero-order valence-electron chi connectivity index (χ0n) is 11.2. The monoisotopic (exact) mass is 257 g/mol. The number of unbranched alkanes of at least 4 members (excludes halogenated alkanes) is 1. The molecule has 1 rings (SSSR count). The van der Waals surface area contributed by atoms with Gasteiger partial charge in [0.15, 0.2) is 11.6 Å². The molecule has 0 bridgehead atoms. The number of benzene rings is 1. The van der Waals surface area contributed by atoms with Crippen LogP contribution in [0.4, 0.5) is 8.78 Å². The van der Waals surface area contributed by atoms with Gasteiger partial charge in [0.1, 0.15) is 5.82 Å². The van der Waals surface area contributed by atoms with Crippen LogP contribution in [0.5, 0.6) is 5.75 Å². The minimum absolute atomic E-state index is 0.111. The first-order valence-corrected chi connectivity index (χ1v) is 6.21. The van der Waals surface area contributed by atoms with Crippen LogP contribution in [0.3, 0.4) is 0 Å². The lowest BCUT2D eigenvalue weighted by Crippen LogP contribution is -2.36. The Balaban J connectivity index is 2.18. The molecule has 102 valence electrons. The van der Waals surface area contributed by atoms with Crippen molar-refractivity contribution < 1.29 is 13.5 Å². The molecular formula is C14H21F2NO. The normalized spacial score (nSPS) is 11.6. The Bertz CT molecular complexity index is 375. The first-order valence-electron chi connectivity index (χ1n) is 6.21. The fraction of sp³-hybridized carbons (Fsp3) is 0.571. The van der Waals surface area contributed by atoms with Gasteiger partial charge in [-0.15, -0.1) is 0 Å². The van der Waals surface area contributed by atoms with E-state index in [0.717, 1.165) is 25.5 Å². The summed E-state index contributed by atoms with van der Waals surface area (Å²) in [6.07, 6.45) is 1.79. The van der Waals surface area contributed by atoms with Crippen molar-refractivity contribution >= 4 is 0 Å². The van der Waals surface area contributed by atoms with Crippen LogP contribution in [-0.4, -0.2) is 18.7 Å². The second-order valence-electron chi connectivity index (χ2n) is 5.31. The number of nitrogens with one attached hydrogen (secondary N) is 1. The van der Waals surface area contributed by atoms with Gasteiger partial charge in [-0.3, -0.25) is 0 Å². The minimum atomic E-state index is -0.650. The predicted molar refractivity (Wildman–Crippen MR) is 68.8 cm³/mol. The molecule has 0 saturated heterocycles. The molecule has 0 unspecified atom stereocenters. The Kier molecular flexibility index (Phi) is 5.54. The van der Waals surface area contributed by atoms with Gasteiger partial charge in [-0.2, -0.15) is 0 Å². The molecule has 0 heterocycles. The molecule has 2 nitrogen and oxygen atoms in total. The molecule has 1 N–H and O–H groups in total. The first kappa shape index (κ1) is 14.9. The molecule has 0 radical (unpaired) electrons. The Morgan fingerprint density at radius 3 is 2.50 bits per heavy atom. The smallest absolute Gasteiger partial charge is 0.167 e. The van der Waals surface area contributed by atoms with E-state index in [0.29, 0.717) is 6.61 Å². The van der Waals surface area contributed by atoms with E-state index in [2.05, 4.69) is 26.1 Å². The lowest BCUT2D eigenvalue weighted by atomic mass is 10.1. The predicted octanol–water partition coefficient (Wildman–Crippen LogP) is 3.51. The Hall–Kier alpha value is -1.16. The molecule has 0 amide bonds. The van der Waals surface area contributed by atoms with Crippen LogP contribution >= 0.6 is 0 Å². The van der Waals surface area contributed by atoms with Crippen LogP contribution in [0.25, 0.3) is 0 Å². The summed E-state index contributed by atoms with van der Waals surface area (Å²) in [7, 11) is 0. The topological polar surface area (TPSA) is 21.3 Å². The SMILES string of the molecule is CC(C)(C)NCCCCOc1ccc(F)cc1F. The van der Waals surface area contributed by atoms with Crippen molar-refractivity contribution in [2.24, 2.45) is 0 Å². The molecule has 4 heteroatoms. The van der Waals surface area contributed by atoms with E-state index >= 15 is 0 Å². The van der Waals surface area contributed by atoms with E-state index in [1.54, 1.807) is 0 Å². The van der Waals surface area contributed by atoms with E-state index in [1.807, 2.05) is 0 Å². The van der Waals surface area contributed by atoms with Gasteiger partial charge in [0.25, 0.3) is 0 Å². The highest BCUT2D eigenvalue weighted by atomic mass is 19.1. The number of ether oxygens (including phenoxy) is 1. The molecule has 18 heavy (non-hydrogen) atoms. The average Bonchev–Trinajstić information content (AvgIpc) is 2.24. The summed E-state index contributed by atoms with van der Waals surface area (Å²) in [5.41, 5.74) is 0.115. The third-order valence-electron chi connectivity index (χ3n) is 2.38. The van der Waals surface area contributed by atoms with Crippen molar-refractivity contribution in [1.29, 1.82) is 0 Å². The van der Waals surface area contributed by atoms with Crippen molar-refractivity contribution in [2.75, 3.05) is 13.2 Å². The first-order chi connectivity index (χ1) is 8.38. The molecule has 0 aliphatic heterocycles. The highest BCUT2D eigenvalue weighted by Gasteiger charge is 2.07. The fourth-order valence-electron chi connectivity index (χ4n) is 1.46. The lowest BCUT2D eigenvalue weighted by molar-refractivity contribution is 0.287. The number of halogens is 2. The van der Waals surface area contributed by atoms with Crippen LogP contribution < -0.4 is 10.1 Å². The maximum atomic E-state index is 13.2.